The third-order valence-electron chi connectivity index (χ3n) is 2.83. The van der Waals surface area contributed by atoms with Gasteiger partial charge in [-0.1, -0.05) is 29.8 Å². The van der Waals surface area contributed by atoms with Crippen molar-refractivity contribution in [3.63, 3.8) is 0 Å². The van der Waals surface area contributed by atoms with E-state index in [1.54, 1.807) is 12.3 Å². The van der Waals surface area contributed by atoms with Crippen LogP contribution in [0.5, 0.6) is 0 Å². The number of carbonyl (C=O) groups excluding carboxylic acids is 1. The Kier molecular flexibility index (Phi) is 4.29. The van der Waals surface area contributed by atoms with Crippen molar-refractivity contribution in [3.05, 3.63) is 53.7 Å². The number of carbonyl (C=O) groups is 1. The number of para-hydroxylation sites is 1. The lowest BCUT2D eigenvalue weighted by Crippen LogP contribution is -2.23. The highest BCUT2D eigenvalue weighted by molar-refractivity contribution is 5.88. The highest BCUT2D eigenvalue weighted by Gasteiger charge is 2.02. The first-order valence-corrected chi connectivity index (χ1v) is 6.42. The van der Waals surface area contributed by atoms with Crippen LogP contribution in [0.3, 0.4) is 0 Å². The van der Waals surface area contributed by atoms with Crippen molar-refractivity contribution in [1.29, 1.82) is 0 Å². The average Bonchev–Trinajstić information content (AvgIpc) is 2.38. The predicted molar refractivity (Wildman–Crippen MR) is 77.9 cm³/mol. The van der Waals surface area contributed by atoms with Crippen LogP contribution in [-0.2, 0) is 11.2 Å². The molecule has 0 spiro atoms. The van der Waals surface area contributed by atoms with E-state index in [0.717, 1.165) is 28.5 Å². The zero-order valence-corrected chi connectivity index (χ0v) is 11.3. The largest absolute Gasteiger partial charge is 0.352 e. The van der Waals surface area contributed by atoms with Crippen LogP contribution in [0.4, 0.5) is 0 Å². The lowest BCUT2D eigenvalue weighted by molar-refractivity contribution is -0.116. The molecule has 1 amide bonds. The molecule has 0 radical (unpaired) electrons. The van der Waals surface area contributed by atoms with E-state index in [9.17, 15) is 4.79 Å². The monoisotopic (exact) mass is 254 g/mol. The standard InChI is InChI=1S/C16H18N2O/c1-12(2)11-15(19)17-10-8-14-6-3-5-13-7-4-9-18-16(13)14/h3-7,9,11H,8,10H2,1-2H3,(H,17,19). The van der Waals surface area contributed by atoms with Gasteiger partial charge in [-0.05, 0) is 31.9 Å². The summed E-state index contributed by atoms with van der Waals surface area (Å²) in [5.41, 5.74) is 3.18. The van der Waals surface area contributed by atoms with Crippen molar-refractivity contribution in [1.82, 2.24) is 10.3 Å². The zero-order chi connectivity index (χ0) is 13.7. The Morgan fingerprint density at radius 2 is 2.05 bits per heavy atom. The molecule has 0 saturated heterocycles. The van der Waals surface area contributed by atoms with E-state index in [1.165, 1.54) is 0 Å². The number of allylic oxidation sites excluding steroid dienone is 1. The smallest absolute Gasteiger partial charge is 0.243 e. The Morgan fingerprint density at radius 1 is 1.26 bits per heavy atom. The molecule has 0 unspecified atom stereocenters. The van der Waals surface area contributed by atoms with Crippen LogP contribution >= 0.6 is 0 Å². The molecule has 98 valence electrons. The van der Waals surface area contributed by atoms with Gasteiger partial charge in [0.05, 0.1) is 5.52 Å². The fraction of sp³-hybridized carbons (Fsp3) is 0.250. The van der Waals surface area contributed by atoms with Gasteiger partial charge in [0.1, 0.15) is 0 Å². The molecule has 2 rings (SSSR count). The molecule has 2 aromatic rings. The van der Waals surface area contributed by atoms with E-state index in [4.69, 9.17) is 0 Å². The number of fused-ring (bicyclic) bond motifs is 1. The molecule has 0 aliphatic carbocycles. The third kappa shape index (κ3) is 3.65. The summed E-state index contributed by atoms with van der Waals surface area (Å²) in [6, 6.07) is 10.1. The quantitative estimate of drug-likeness (QED) is 0.852. The summed E-state index contributed by atoms with van der Waals surface area (Å²) in [4.78, 5) is 15.9. The number of nitrogens with one attached hydrogen (secondary N) is 1. The van der Waals surface area contributed by atoms with Gasteiger partial charge in [0.15, 0.2) is 0 Å². The van der Waals surface area contributed by atoms with E-state index in [-0.39, 0.29) is 5.91 Å². The summed E-state index contributed by atoms with van der Waals surface area (Å²) in [6.45, 7) is 4.45. The number of pyridine rings is 1. The maximum absolute atomic E-state index is 11.5. The SMILES string of the molecule is CC(C)=CC(=O)NCCc1cccc2cccnc12. The van der Waals surface area contributed by atoms with Crippen molar-refractivity contribution < 1.29 is 4.79 Å². The molecule has 0 aliphatic heterocycles. The normalized spacial score (nSPS) is 10.2. The van der Waals surface area contributed by atoms with Crippen LogP contribution in [0, 0.1) is 0 Å². The lowest BCUT2D eigenvalue weighted by Gasteiger charge is -2.06. The van der Waals surface area contributed by atoms with Crippen LogP contribution < -0.4 is 5.32 Å². The Hall–Kier alpha value is -2.16. The summed E-state index contributed by atoms with van der Waals surface area (Å²) in [6.07, 6.45) is 4.20. The molecular weight excluding hydrogens is 236 g/mol. The molecule has 0 saturated carbocycles. The fourth-order valence-corrected chi connectivity index (χ4v) is 2.00. The molecule has 3 heteroatoms. The minimum Gasteiger partial charge on any atom is -0.352 e. The highest BCUT2D eigenvalue weighted by Crippen LogP contribution is 2.15. The lowest BCUT2D eigenvalue weighted by atomic mass is 10.1. The van der Waals surface area contributed by atoms with Crippen molar-refractivity contribution in [3.8, 4) is 0 Å². The minimum absolute atomic E-state index is 0.0341. The van der Waals surface area contributed by atoms with Crippen LogP contribution in [-0.4, -0.2) is 17.4 Å². The summed E-state index contributed by atoms with van der Waals surface area (Å²) in [5, 5.41) is 4.02. The maximum Gasteiger partial charge on any atom is 0.243 e. The fourth-order valence-electron chi connectivity index (χ4n) is 2.00. The van der Waals surface area contributed by atoms with Crippen LogP contribution in [0.1, 0.15) is 19.4 Å². The van der Waals surface area contributed by atoms with Gasteiger partial charge in [0, 0.05) is 24.2 Å². The third-order valence-corrected chi connectivity index (χ3v) is 2.83. The number of rotatable bonds is 4. The van der Waals surface area contributed by atoms with Gasteiger partial charge >= 0.3 is 0 Å². The first kappa shape index (κ1) is 13.3. The van der Waals surface area contributed by atoms with E-state index in [0.29, 0.717) is 6.54 Å². The number of benzene rings is 1. The first-order valence-electron chi connectivity index (χ1n) is 6.42. The van der Waals surface area contributed by atoms with Crippen molar-refractivity contribution in [2.75, 3.05) is 6.54 Å². The van der Waals surface area contributed by atoms with Crippen LogP contribution in [0.15, 0.2) is 48.2 Å². The van der Waals surface area contributed by atoms with Gasteiger partial charge < -0.3 is 5.32 Å². The Balaban J connectivity index is 2.02. The van der Waals surface area contributed by atoms with Crippen molar-refractivity contribution in [2.24, 2.45) is 0 Å². The Labute approximate surface area is 113 Å². The number of nitrogens with zero attached hydrogens (tertiary/aromatic N) is 1. The second-order valence-electron chi connectivity index (χ2n) is 4.75. The van der Waals surface area contributed by atoms with Gasteiger partial charge in [-0.25, -0.2) is 0 Å². The average molecular weight is 254 g/mol. The molecule has 19 heavy (non-hydrogen) atoms. The van der Waals surface area contributed by atoms with Crippen LogP contribution in [0.2, 0.25) is 0 Å². The van der Waals surface area contributed by atoms with Crippen molar-refractivity contribution >= 4 is 16.8 Å². The first-order chi connectivity index (χ1) is 9.16. The summed E-state index contributed by atoms with van der Waals surface area (Å²) in [7, 11) is 0. The van der Waals surface area contributed by atoms with E-state index in [1.807, 2.05) is 38.1 Å². The maximum atomic E-state index is 11.5. The Morgan fingerprint density at radius 3 is 2.84 bits per heavy atom. The molecule has 0 fully saturated rings. The van der Waals surface area contributed by atoms with E-state index >= 15 is 0 Å². The molecule has 0 aliphatic rings. The molecular formula is C16H18N2O. The van der Waals surface area contributed by atoms with Crippen LogP contribution in [0.25, 0.3) is 10.9 Å². The topological polar surface area (TPSA) is 42.0 Å². The molecule has 1 aromatic carbocycles. The number of aromatic nitrogens is 1. The second-order valence-corrected chi connectivity index (χ2v) is 4.75. The zero-order valence-electron chi connectivity index (χ0n) is 11.3. The Bertz CT molecular complexity index is 608. The van der Waals surface area contributed by atoms with Gasteiger partial charge in [0.2, 0.25) is 5.91 Å². The molecule has 0 atom stereocenters. The van der Waals surface area contributed by atoms with Gasteiger partial charge in [-0.2, -0.15) is 0 Å². The van der Waals surface area contributed by atoms with Gasteiger partial charge in [-0.3, -0.25) is 9.78 Å². The number of hydrogen-bond acceptors (Lipinski definition) is 2. The van der Waals surface area contributed by atoms with Gasteiger partial charge in [-0.15, -0.1) is 0 Å². The second kappa shape index (κ2) is 6.14. The molecule has 0 bridgehead atoms. The highest BCUT2D eigenvalue weighted by atomic mass is 16.1. The van der Waals surface area contributed by atoms with Crippen molar-refractivity contribution in [2.45, 2.75) is 20.3 Å². The summed E-state index contributed by atoms with van der Waals surface area (Å²) >= 11 is 0. The molecule has 1 heterocycles. The minimum atomic E-state index is -0.0341. The summed E-state index contributed by atoms with van der Waals surface area (Å²) < 4.78 is 0. The number of amides is 1. The van der Waals surface area contributed by atoms with Gasteiger partial charge in [0.25, 0.3) is 0 Å². The van der Waals surface area contributed by atoms with E-state index in [2.05, 4.69) is 16.4 Å². The molecule has 3 nitrogen and oxygen atoms in total. The van der Waals surface area contributed by atoms with E-state index < -0.39 is 0 Å². The molecule has 1 N–H and O–H groups in total. The predicted octanol–water partition coefficient (Wildman–Crippen LogP) is 2.86. The molecule has 1 aromatic heterocycles. The summed E-state index contributed by atoms with van der Waals surface area (Å²) in [5.74, 6) is -0.0341. The number of hydrogen-bond donors (Lipinski definition) is 1.